The molecule has 0 radical (unpaired) electrons. The number of benzene rings is 1. The van der Waals surface area contributed by atoms with Gasteiger partial charge in [0.15, 0.2) is 0 Å². The van der Waals surface area contributed by atoms with Gasteiger partial charge in [0.2, 0.25) is 0 Å². The standard InChI is InChI=1S/C19H26ClN3O2S/c1-5-14(4)23(19(24)21-13(2)3)10-16-12-26-18(22-16)11-25-17-8-6-15(20)7-9-17/h6-9,12-14H,5,10-11H2,1-4H3,(H,21,24). The van der Waals surface area contributed by atoms with Crippen molar-refractivity contribution in [2.45, 2.75) is 59.4 Å². The van der Waals surface area contributed by atoms with Gasteiger partial charge in [-0.25, -0.2) is 9.78 Å². The van der Waals surface area contributed by atoms with E-state index >= 15 is 0 Å². The summed E-state index contributed by atoms with van der Waals surface area (Å²) in [6, 6.07) is 7.44. The first-order valence-corrected chi connectivity index (χ1v) is 10.0. The van der Waals surface area contributed by atoms with E-state index < -0.39 is 0 Å². The number of rotatable bonds is 8. The predicted molar refractivity (Wildman–Crippen MR) is 107 cm³/mol. The molecule has 0 bridgehead atoms. The van der Waals surface area contributed by atoms with E-state index in [2.05, 4.69) is 24.1 Å². The van der Waals surface area contributed by atoms with Crippen LogP contribution in [0.25, 0.3) is 0 Å². The highest BCUT2D eigenvalue weighted by atomic mass is 35.5. The van der Waals surface area contributed by atoms with E-state index in [1.807, 2.05) is 36.3 Å². The smallest absolute Gasteiger partial charge is 0.318 e. The van der Waals surface area contributed by atoms with E-state index in [0.29, 0.717) is 18.2 Å². The Morgan fingerprint density at radius 1 is 1.31 bits per heavy atom. The van der Waals surface area contributed by atoms with Crippen LogP contribution < -0.4 is 10.1 Å². The molecule has 7 heteroatoms. The first kappa shape index (κ1) is 20.5. The number of nitrogens with one attached hydrogen (secondary N) is 1. The van der Waals surface area contributed by atoms with E-state index in [9.17, 15) is 4.79 Å². The number of halogens is 1. The Labute approximate surface area is 164 Å². The molecule has 1 heterocycles. The molecule has 0 aliphatic heterocycles. The van der Waals surface area contributed by atoms with Gasteiger partial charge in [0.1, 0.15) is 17.4 Å². The van der Waals surface area contributed by atoms with Gasteiger partial charge in [0.25, 0.3) is 0 Å². The van der Waals surface area contributed by atoms with Crippen LogP contribution in [0, 0.1) is 0 Å². The van der Waals surface area contributed by atoms with Crippen LogP contribution >= 0.6 is 22.9 Å². The molecule has 1 aromatic heterocycles. The minimum atomic E-state index is -0.0543. The predicted octanol–water partition coefficient (Wildman–Crippen LogP) is 5.09. The van der Waals surface area contributed by atoms with Crippen LogP contribution in [0.5, 0.6) is 5.75 Å². The van der Waals surface area contributed by atoms with Crippen molar-refractivity contribution in [2.75, 3.05) is 0 Å². The van der Waals surface area contributed by atoms with E-state index in [1.165, 1.54) is 11.3 Å². The Morgan fingerprint density at radius 3 is 2.62 bits per heavy atom. The second-order valence-corrected chi connectivity index (χ2v) is 7.84. The zero-order valence-electron chi connectivity index (χ0n) is 15.7. The maximum atomic E-state index is 12.5. The highest BCUT2D eigenvalue weighted by molar-refractivity contribution is 7.09. The first-order valence-electron chi connectivity index (χ1n) is 8.77. The first-order chi connectivity index (χ1) is 12.4. The van der Waals surface area contributed by atoms with Gasteiger partial charge in [-0.2, -0.15) is 0 Å². The van der Waals surface area contributed by atoms with Gasteiger partial charge >= 0.3 is 6.03 Å². The molecule has 0 aliphatic rings. The van der Waals surface area contributed by atoms with Crippen molar-refractivity contribution in [3.05, 3.63) is 45.4 Å². The number of nitrogens with zero attached hydrogens (tertiary/aromatic N) is 2. The summed E-state index contributed by atoms with van der Waals surface area (Å²) in [7, 11) is 0. The normalized spacial score (nSPS) is 12.1. The minimum Gasteiger partial charge on any atom is -0.486 e. The number of ether oxygens (including phenoxy) is 1. The van der Waals surface area contributed by atoms with Gasteiger partial charge < -0.3 is 15.0 Å². The molecule has 1 N–H and O–H groups in total. The Hall–Kier alpha value is -1.79. The zero-order chi connectivity index (χ0) is 19.1. The second kappa shape index (κ2) is 9.78. The van der Waals surface area contributed by atoms with Crippen LogP contribution in [-0.4, -0.2) is 28.0 Å². The van der Waals surface area contributed by atoms with Gasteiger partial charge in [0, 0.05) is 22.5 Å². The Bertz CT molecular complexity index is 703. The van der Waals surface area contributed by atoms with Crippen molar-refractivity contribution in [1.82, 2.24) is 15.2 Å². The average Bonchev–Trinajstić information content (AvgIpc) is 3.05. The third-order valence-electron chi connectivity index (χ3n) is 3.90. The summed E-state index contributed by atoms with van der Waals surface area (Å²) >= 11 is 7.41. The van der Waals surface area contributed by atoms with Crippen LogP contribution in [-0.2, 0) is 13.2 Å². The summed E-state index contributed by atoms with van der Waals surface area (Å²) in [5.74, 6) is 0.753. The van der Waals surface area contributed by atoms with Gasteiger partial charge in [-0.3, -0.25) is 0 Å². The van der Waals surface area contributed by atoms with Crippen molar-refractivity contribution in [3.8, 4) is 5.75 Å². The van der Waals surface area contributed by atoms with Gasteiger partial charge in [0.05, 0.1) is 12.2 Å². The molecule has 0 aliphatic carbocycles. The minimum absolute atomic E-state index is 0.0543. The maximum Gasteiger partial charge on any atom is 0.318 e. The monoisotopic (exact) mass is 395 g/mol. The number of aromatic nitrogens is 1. The lowest BCUT2D eigenvalue weighted by Gasteiger charge is -2.29. The molecular formula is C19H26ClN3O2S. The molecule has 0 spiro atoms. The van der Waals surface area contributed by atoms with Crippen molar-refractivity contribution in [3.63, 3.8) is 0 Å². The van der Waals surface area contributed by atoms with Crippen molar-refractivity contribution in [1.29, 1.82) is 0 Å². The zero-order valence-corrected chi connectivity index (χ0v) is 17.2. The molecule has 0 saturated carbocycles. The molecule has 142 valence electrons. The molecule has 1 aromatic carbocycles. The highest BCUT2D eigenvalue weighted by Crippen LogP contribution is 2.19. The second-order valence-electron chi connectivity index (χ2n) is 6.46. The van der Waals surface area contributed by atoms with Gasteiger partial charge in [-0.15, -0.1) is 11.3 Å². The molecule has 2 rings (SSSR count). The number of hydrogen-bond donors (Lipinski definition) is 1. The van der Waals surface area contributed by atoms with Crippen LogP contribution in [0.1, 0.15) is 44.8 Å². The molecule has 1 unspecified atom stereocenters. The van der Waals surface area contributed by atoms with E-state index in [0.717, 1.165) is 22.9 Å². The lowest BCUT2D eigenvalue weighted by atomic mass is 10.2. The lowest BCUT2D eigenvalue weighted by molar-refractivity contribution is 0.170. The van der Waals surface area contributed by atoms with Crippen molar-refractivity contribution < 1.29 is 9.53 Å². The molecule has 0 fully saturated rings. The summed E-state index contributed by atoms with van der Waals surface area (Å²) in [6.07, 6.45) is 0.891. The maximum absolute atomic E-state index is 12.5. The van der Waals surface area contributed by atoms with Crippen molar-refractivity contribution >= 4 is 29.0 Å². The summed E-state index contributed by atoms with van der Waals surface area (Å²) in [6.45, 7) is 8.94. The molecule has 2 aromatic rings. The topological polar surface area (TPSA) is 54.5 Å². The fourth-order valence-corrected chi connectivity index (χ4v) is 3.14. The van der Waals surface area contributed by atoms with E-state index in [-0.39, 0.29) is 18.1 Å². The number of carbonyl (C=O) groups is 1. The molecule has 5 nitrogen and oxygen atoms in total. The number of amides is 2. The number of carbonyl (C=O) groups excluding carboxylic acids is 1. The van der Waals surface area contributed by atoms with Gasteiger partial charge in [-0.05, 0) is 51.5 Å². The third kappa shape index (κ3) is 6.18. The highest BCUT2D eigenvalue weighted by Gasteiger charge is 2.21. The number of urea groups is 1. The van der Waals surface area contributed by atoms with E-state index in [1.54, 1.807) is 12.1 Å². The molecule has 1 atom stereocenters. The van der Waals surface area contributed by atoms with Crippen LogP contribution in [0.15, 0.2) is 29.6 Å². The third-order valence-corrected chi connectivity index (χ3v) is 5.03. The summed E-state index contributed by atoms with van der Waals surface area (Å²) in [5.41, 5.74) is 0.879. The van der Waals surface area contributed by atoms with Crippen LogP contribution in [0.3, 0.4) is 0 Å². The average molecular weight is 396 g/mol. The lowest BCUT2D eigenvalue weighted by Crippen LogP contribution is -2.46. The Kier molecular flexibility index (Phi) is 7.72. The largest absolute Gasteiger partial charge is 0.486 e. The Morgan fingerprint density at radius 2 is 2.00 bits per heavy atom. The molecule has 26 heavy (non-hydrogen) atoms. The summed E-state index contributed by atoms with van der Waals surface area (Å²) in [5, 5.41) is 6.51. The molecule has 0 saturated heterocycles. The Balaban J connectivity index is 1.97. The number of hydrogen-bond acceptors (Lipinski definition) is 4. The summed E-state index contributed by atoms with van der Waals surface area (Å²) in [4.78, 5) is 18.9. The quantitative estimate of drug-likeness (QED) is 0.676. The van der Waals surface area contributed by atoms with Crippen molar-refractivity contribution in [2.24, 2.45) is 0 Å². The fourth-order valence-electron chi connectivity index (χ4n) is 2.32. The van der Waals surface area contributed by atoms with Crippen LogP contribution in [0.2, 0.25) is 5.02 Å². The summed E-state index contributed by atoms with van der Waals surface area (Å²) < 4.78 is 5.73. The molecular weight excluding hydrogens is 370 g/mol. The van der Waals surface area contributed by atoms with Gasteiger partial charge in [-0.1, -0.05) is 18.5 Å². The number of thiazole rings is 1. The SMILES string of the molecule is CCC(C)N(Cc1csc(COc2ccc(Cl)cc2)n1)C(=O)NC(C)C. The molecule has 2 amide bonds. The fraction of sp³-hybridized carbons (Fsp3) is 0.474. The van der Waals surface area contributed by atoms with E-state index in [4.69, 9.17) is 16.3 Å². The van der Waals surface area contributed by atoms with Crippen LogP contribution in [0.4, 0.5) is 4.79 Å².